The zero-order valence-corrected chi connectivity index (χ0v) is 11.0. The summed E-state index contributed by atoms with van der Waals surface area (Å²) in [5, 5.41) is 0. The number of rotatable bonds is 5. The van der Waals surface area contributed by atoms with E-state index in [2.05, 4.69) is 73.7 Å². The Kier molecular flexibility index (Phi) is 4.78. The highest BCUT2D eigenvalue weighted by atomic mass is 14.0. The molecule has 0 heteroatoms. The fourth-order valence-corrected chi connectivity index (χ4v) is 2.09. The monoisotopic (exact) mass is 236 g/mol. The third-order valence-electron chi connectivity index (χ3n) is 3.19. The number of allylic oxidation sites excluding steroid dienone is 2. The molecule has 0 N–H and O–H groups in total. The van der Waals surface area contributed by atoms with E-state index in [1.165, 1.54) is 29.5 Å². The minimum atomic E-state index is 1.15. The summed E-state index contributed by atoms with van der Waals surface area (Å²) in [6.07, 6.45) is 5.88. The van der Waals surface area contributed by atoms with Crippen molar-refractivity contribution in [1.29, 1.82) is 0 Å². The van der Waals surface area contributed by atoms with Gasteiger partial charge < -0.3 is 0 Å². The molecule has 0 saturated heterocycles. The molecule has 2 rings (SSSR count). The molecule has 0 atom stereocenters. The van der Waals surface area contributed by atoms with Gasteiger partial charge in [-0.1, -0.05) is 66.7 Å². The lowest BCUT2D eigenvalue weighted by atomic mass is 10.0. The van der Waals surface area contributed by atoms with Crippen LogP contribution in [0.4, 0.5) is 0 Å². The standard InChI is InChI=1S/C18H20/c1-16(18-14-6-3-7-15-18)10-8-9-13-17-11-4-2-5-12-17/h2-7,10-12,14-15H,8-9,13H2,1H3. The van der Waals surface area contributed by atoms with Gasteiger partial charge in [-0.2, -0.15) is 0 Å². The van der Waals surface area contributed by atoms with E-state index in [1.54, 1.807) is 0 Å². The molecular weight excluding hydrogens is 216 g/mol. The van der Waals surface area contributed by atoms with E-state index in [1.807, 2.05) is 0 Å². The molecule has 18 heavy (non-hydrogen) atoms. The second-order valence-corrected chi connectivity index (χ2v) is 4.63. The minimum Gasteiger partial charge on any atom is -0.0810 e. The fraction of sp³-hybridized carbons (Fsp3) is 0.222. The molecule has 0 heterocycles. The van der Waals surface area contributed by atoms with Gasteiger partial charge in [-0.05, 0) is 42.9 Å². The van der Waals surface area contributed by atoms with Crippen LogP contribution < -0.4 is 0 Å². The Morgan fingerprint density at radius 3 is 2.17 bits per heavy atom. The Labute approximate surface area is 110 Å². The summed E-state index contributed by atoms with van der Waals surface area (Å²) in [5.74, 6) is 0. The smallest absolute Gasteiger partial charge is 0.0231 e. The van der Waals surface area contributed by atoms with Crippen LogP contribution in [0.25, 0.3) is 5.57 Å². The zero-order chi connectivity index (χ0) is 12.6. The van der Waals surface area contributed by atoms with Crippen molar-refractivity contribution in [2.45, 2.75) is 26.2 Å². The molecule has 0 aromatic heterocycles. The molecule has 0 amide bonds. The SMILES string of the molecule is CC(=CCCCc1ccccc1)c1ccccc1. The molecule has 0 aliphatic heterocycles. The summed E-state index contributed by atoms with van der Waals surface area (Å²) in [6, 6.07) is 21.3. The lowest BCUT2D eigenvalue weighted by Gasteiger charge is -2.02. The van der Waals surface area contributed by atoms with E-state index in [0.717, 1.165) is 6.42 Å². The molecule has 0 fully saturated rings. The summed E-state index contributed by atoms with van der Waals surface area (Å²) in [7, 11) is 0. The highest BCUT2D eigenvalue weighted by molar-refractivity contribution is 5.63. The highest BCUT2D eigenvalue weighted by Crippen LogP contribution is 2.14. The maximum absolute atomic E-state index is 2.35. The maximum atomic E-state index is 2.35. The Morgan fingerprint density at radius 1 is 0.889 bits per heavy atom. The highest BCUT2D eigenvalue weighted by Gasteiger charge is 1.94. The van der Waals surface area contributed by atoms with Gasteiger partial charge in [-0.15, -0.1) is 0 Å². The number of unbranched alkanes of at least 4 members (excludes halogenated alkanes) is 1. The Bertz CT molecular complexity index is 480. The molecule has 0 spiro atoms. The first-order valence-corrected chi connectivity index (χ1v) is 6.62. The van der Waals surface area contributed by atoms with Crippen molar-refractivity contribution < 1.29 is 0 Å². The van der Waals surface area contributed by atoms with Gasteiger partial charge in [0.25, 0.3) is 0 Å². The quantitative estimate of drug-likeness (QED) is 0.633. The number of aryl methyl sites for hydroxylation is 1. The first-order valence-electron chi connectivity index (χ1n) is 6.62. The molecule has 0 nitrogen and oxygen atoms in total. The minimum absolute atomic E-state index is 1.15. The summed E-state index contributed by atoms with van der Waals surface area (Å²) < 4.78 is 0. The Hall–Kier alpha value is -1.82. The Balaban J connectivity index is 1.81. The fourth-order valence-electron chi connectivity index (χ4n) is 2.09. The van der Waals surface area contributed by atoms with Gasteiger partial charge in [-0.25, -0.2) is 0 Å². The van der Waals surface area contributed by atoms with Crippen molar-refractivity contribution in [3.8, 4) is 0 Å². The van der Waals surface area contributed by atoms with Gasteiger partial charge in [0.05, 0.1) is 0 Å². The Morgan fingerprint density at radius 2 is 1.50 bits per heavy atom. The van der Waals surface area contributed by atoms with Crippen LogP contribution in [0.3, 0.4) is 0 Å². The second kappa shape index (κ2) is 6.80. The molecule has 0 bridgehead atoms. The van der Waals surface area contributed by atoms with Crippen molar-refractivity contribution in [3.63, 3.8) is 0 Å². The van der Waals surface area contributed by atoms with Crippen molar-refractivity contribution in [3.05, 3.63) is 77.9 Å². The molecule has 2 aromatic rings. The molecular formula is C18H20. The molecule has 92 valence electrons. The van der Waals surface area contributed by atoms with E-state index in [0.29, 0.717) is 0 Å². The predicted molar refractivity (Wildman–Crippen MR) is 79.5 cm³/mol. The van der Waals surface area contributed by atoms with Crippen molar-refractivity contribution >= 4 is 5.57 Å². The third-order valence-corrected chi connectivity index (χ3v) is 3.19. The zero-order valence-electron chi connectivity index (χ0n) is 11.0. The van der Waals surface area contributed by atoms with Crippen molar-refractivity contribution in [2.24, 2.45) is 0 Å². The first-order chi connectivity index (χ1) is 8.86. The predicted octanol–water partition coefficient (Wildman–Crippen LogP) is 5.11. The summed E-state index contributed by atoms with van der Waals surface area (Å²) in [4.78, 5) is 0. The van der Waals surface area contributed by atoms with Gasteiger partial charge >= 0.3 is 0 Å². The molecule has 0 aliphatic carbocycles. The van der Waals surface area contributed by atoms with E-state index in [9.17, 15) is 0 Å². The van der Waals surface area contributed by atoms with Gasteiger partial charge in [0.1, 0.15) is 0 Å². The summed E-state index contributed by atoms with van der Waals surface area (Å²) >= 11 is 0. The number of benzene rings is 2. The van der Waals surface area contributed by atoms with Crippen molar-refractivity contribution in [1.82, 2.24) is 0 Å². The molecule has 0 saturated carbocycles. The molecule has 0 aliphatic rings. The summed E-state index contributed by atoms with van der Waals surface area (Å²) in [5.41, 5.74) is 4.14. The molecule has 2 aromatic carbocycles. The third kappa shape index (κ3) is 3.89. The van der Waals surface area contributed by atoms with E-state index in [4.69, 9.17) is 0 Å². The largest absolute Gasteiger partial charge is 0.0810 e. The van der Waals surface area contributed by atoms with Crippen LogP contribution >= 0.6 is 0 Å². The van der Waals surface area contributed by atoms with Crippen molar-refractivity contribution in [2.75, 3.05) is 0 Å². The van der Waals surface area contributed by atoms with Crippen LogP contribution in [0, 0.1) is 0 Å². The second-order valence-electron chi connectivity index (χ2n) is 4.63. The van der Waals surface area contributed by atoms with Crippen LogP contribution in [0.15, 0.2) is 66.7 Å². The van der Waals surface area contributed by atoms with Crippen LogP contribution in [0.5, 0.6) is 0 Å². The van der Waals surface area contributed by atoms with E-state index in [-0.39, 0.29) is 0 Å². The normalized spacial score (nSPS) is 11.5. The van der Waals surface area contributed by atoms with Gasteiger partial charge in [0.2, 0.25) is 0 Å². The lowest BCUT2D eigenvalue weighted by Crippen LogP contribution is -1.84. The molecule has 0 unspecified atom stereocenters. The summed E-state index contributed by atoms with van der Waals surface area (Å²) in [6.45, 7) is 2.19. The van der Waals surface area contributed by atoms with Crippen LogP contribution in [0.1, 0.15) is 30.9 Å². The molecule has 0 radical (unpaired) electrons. The van der Waals surface area contributed by atoms with Crippen LogP contribution in [-0.4, -0.2) is 0 Å². The maximum Gasteiger partial charge on any atom is -0.0231 e. The van der Waals surface area contributed by atoms with Gasteiger partial charge in [-0.3, -0.25) is 0 Å². The number of hydrogen-bond donors (Lipinski definition) is 0. The topological polar surface area (TPSA) is 0 Å². The van der Waals surface area contributed by atoms with E-state index >= 15 is 0 Å². The van der Waals surface area contributed by atoms with Crippen LogP contribution in [-0.2, 0) is 6.42 Å². The van der Waals surface area contributed by atoms with E-state index < -0.39 is 0 Å². The lowest BCUT2D eigenvalue weighted by molar-refractivity contribution is 0.843. The average molecular weight is 236 g/mol. The average Bonchev–Trinajstić information content (AvgIpc) is 2.45. The van der Waals surface area contributed by atoms with Crippen LogP contribution in [0.2, 0.25) is 0 Å². The number of hydrogen-bond acceptors (Lipinski definition) is 0. The van der Waals surface area contributed by atoms with Gasteiger partial charge in [0.15, 0.2) is 0 Å². The first kappa shape index (κ1) is 12.6. The van der Waals surface area contributed by atoms with Gasteiger partial charge in [0, 0.05) is 0 Å².